The Morgan fingerprint density at radius 3 is 1.25 bits per heavy atom. The first-order valence-corrected chi connectivity index (χ1v) is 10.5. The Labute approximate surface area is 137 Å². The highest BCUT2D eigenvalue weighted by atomic mass is 35.5. The molecule has 0 radical (unpaired) electrons. The Hall–Kier alpha value is 0.720. The molecule has 2 heteroatoms. The van der Waals surface area contributed by atoms with Gasteiger partial charge in [0.2, 0.25) is 0 Å². The van der Waals surface area contributed by atoms with E-state index in [9.17, 15) is 0 Å². The van der Waals surface area contributed by atoms with E-state index in [0.29, 0.717) is 0 Å². The van der Waals surface area contributed by atoms with Crippen molar-refractivity contribution in [2.45, 2.75) is 104 Å². The van der Waals surface area contributed by atoms with Gasteiger partial charge in [0.15, 0.2) is 0 Å². The molecule has 0 aliphatic rings. The molecule has 0 N–H and O–H groups in total. The third-order valence-corrected chi connectivity index (χ3v) is 5.33. The van der Waals surface area contributed by atoms with E-state index in [2.05, 4.69) is 13.8 Å². The lowest BCUT2D eigenvalue weighted by molar-refractivity contribution is 0.548. The summed E-state index contributed by atoms with van der Waals surface area (Å²) in [4.78, 5) is 0. The van der Waals surface area contributed by atoms with Gasteiger partial charge in [0, 0.05) is 0 Å². The minimum atomic E-state index is 0. The van der Waals surface area contributed by atoms with Crippen LogP contribution in [0.15, 0.2) is 0 Å². The summed E-state index contributed by atoms with van der Waals surface area (Å²) in [6, 6.07) is 0. The van der Waals surface area contributed by atoms with Crippen molar-refractivity contribution >= 4 is 21.0 Å². The summed E-state index contributed by atoms with van der Waals surface area (Å²) in [5, 5.41) is 0. The predicted molar refractivity (Wildman–Crippen MR) is 101 cm³/mol. The summed E-state index contributed by atoms with van der Waals surface area (Å²) in [5.41, 5.74) is 0. The van der Waals surface area contributed by atoms with E-state index < -0.39 is 0 Å². The second-order valence-corrected chi connectivity index (χ2v) is 7.49. The van der Waals surface area contributed by atoms with Crippen LogP contribution in [-0.2, 0) is 0 Å². The van der Waals surface area contributed by atoms with Gasteiger partial charge in [-0.2, -0.15) is 0 Å². The van der Waals surface area contributed by atoms with Crippen LogP contribution < -0.4 is 0 Å². The largest absolute Gasteiger partial charge is 0.147 e. The maximum Gasteiger partial charge on any atom is -0.0353 e. The van der Waals surface area contributed by atoms with Crippen molar-refractivity contribution in [2.24, 2.45) is 0 Å². The molecule has 20 heavy (non-hydrogen) atoms. The van der Waals surface area contributed by atoms with Crippen LogP contribution in [0.5, 0.6) is 0 Å². The number of halogens is 1. The molecule has 1 unspecified atom stereocenters. The standard InChI is InChI=1S/C18H39P.ClH/c1-3-5-7-8-9-10-11-12-13-14-15-16-18-19-17-6-4-2;/h19H,3-18H2,1-2H3;1H. The average molecular weight is 323 g/mol. The lowest BCUT2D eigenvalue weighted by Crippen LogP contribution is -1.84. The average Bonchev–Trinajstić information content (AvgIpc) is 2.43. The Morgan fingerprint density at radius 2 is 0.800 bits per heavy atom. The van der Waals surface area contributed by atoms with Gasteiger partial charge in [-0.3, -0.25) is 0 Å². The number of unbranched alkanes of at least 4 members (excludes halogenated alkanes) is 12. The van der Waals surface area contributed by atoms with E-state index in [0.717, 1.165) is 0 Å². The topological polar surface area (TPSA) is 0 Å². The summed E-state index contributed by atoms with van der Waals surface area (Å²) >= 11 is 0. The molecule has 0 aromatic rings. The molecule has 0 heterocycles. The van der Waals surface area contributed by atoms with E-state index in [-0.39, 0.29) is 12.4 Å². The van der Waals surface area contributed by atoms with Crippen LogP contribution in [0.25, 0.3) is 0 Å². The fourth-order valence-corrected chi connectivity index (χ4v) is 3.87. The molecule has 0 nitrogen and oxygen atoms in total. The first-order valence-electron chi connectivity index (χ1n) is 9.12. The molecule has 0 aliphatic carbocycles. The van der Waals surface area contributed by atoms with Gasteiger partial charge in [-0.25, -0.2) is 0 Å². The molecule has 0 spiro atoms. The minimum Gasteiger partial charge on any atom is -0.147 e. The van der Waals surface area contributed by atoms with Gasteiger partial charge in [0.25, 0.3) is 0 Å². The zero-order valence-electron chi connectivity index (χ0n) is 14.2. The van der Waals surface area contributed by atoms with Gasteiger partial charge in [0.1, 0.15) is 0 Å². The quantitative estimate of drug-likeness (QED) is 0.203. The van der Waals surface area contributed by atoms with E-state index in [1.165, 1.54) is 111 Å². The lowest BCUT2D eigenvalue weighted by Gasteiger charge is -2.03. The van der Waals surface area contributed by atoms with Crippen molar-refractivity contribution in [1.82, 2.24) is 0 Å². The molecule has 124 valence electrons. The zero-order chi connectivity index (χ0) is 14.0. The van der Waals surface area contributed by atoms with Crippen molar-refractivity contribution in [3.63, 3.8) is 0 Å². The first-order chi connectivity index (χ1) is 9.41. The molecule has 0 saturated heterocycles. The molecule has 0 fully saturated rings. The maximum absolute atomic E-state index is 2.30. The second-order valence-electron chi connectivity index (χ2n) is 5.99. The van der Waals surface area contributed by atoms with Crippen LogP contribution in [0.3, 0.4) is 0 Å². The van der Waals surface area contributed by atoms with Crippen molar-refractivity contribution in [3.8, 4) is 0 Å². The molecule has 0 bridgehead atoms. The Bertz CT molecular complexity index is 134. The zero-order valence-corrected chi connectivity index (χ0v) is 16.0. The SMILES string of the molecule is CCCCCCCCCCCCCCPCCCC.Cl. The molecule has 0 amide bonds. The fourth-order valence-electron chi connectivity index (χ4n) is 2.52. The predicted octanol–water partition coefficient (Wildman–Crippen LogP) is 7.59. The molecule has 0 rings (SSSR count). The Balaban J connectivity index is 0. The van der Waals surface area contributed by atoms with E-state index in [4.69, 9.17) is 0 Å². The Kier molecular flexibility index (Phi) is 25.3. The number of hydrogen-bond donors (Lipinski definition) is 0. The normalized spacial score (nSPS) is 11.1. The van der Waals surface area contributed by atoms with E-state index >= 15 is 0 Å². The number of rotatable bonds is 16. The molecular formula is C18H40ClP. The Morgan fingerprint density at radius 1 is 0.450 bits per heavy atom. The van der Waals surface area contributed by atoms with E-state index in [1.807, 2.05) is 0 Å². The third kappa shape index (κ3) is 21.0. The molecule has 0 aliphatic heterocycles. The number of hydrogen-bond acceptors (Lipinski definition) is 0. The minimum absolute atomic E-state index is 0. The third-order valence-electron chi connectivity index (χ3n) is 3.91. The van der Waals surface area contributed by atoms with Gasteiger partial charge in [-0.1, -0.05) is 90.9 Å². The molecule has 0 aromatic carbocycles. The monoisotopic (exact) mass is 322 g/mol. The van der Waals surface area contributed by atoms with Crippen molar-refractivity contribution in [2.75, 3.05) is 12.3 Å². The molecule has 0 aromatic heterocycles. The first kappa shape index (κ1) is 23.0. The lowest BCUT2D eigenvalue weighted by atomic mass is 10.1. The van der Waals surface area contributed by atoms with Gasteiger partial charge in [-0.05, 0) is 25.2 Å². The van der Waals surface area contributed by atoms with Crippen molar-refractivity contribution in [3.05, 3.63) is 0 Å². The van der Waals surface area contributed by atoms with Crippen LogP contribution in [0.2, 0.25) is 0 Å². The highest BCUT2D eigenvalue weighted by Crippen LogP contribution is 2.17. The molecule has 0 saturated carbocycles. The summed E-state index contributed by atoms with van der Waals surface area (Å²) in [7, 11) is 1.25. The fraction of sp³-hybridized carbons (Fsp3) is 1.00. The van der Waals surface area contributed by atoms with Gasteiger partial charge >= 0.3 is 0 Å². The molecule has 1 atom stereocenters. The van der Waals surface area contributed by atoms with Crippen LogP contribution in [0.1, 0.15) is 104 Å². The highest BCUT2D eigenvalue weighted by Gasteiger charge is 1.93. The van der Waals surface area contributed by atoms with Crippen LogP contribution in [0.4, 0.5) is 0 Å². The van der Waals surface area contributed by atoms with Crippen molar-refractivity contribution < 1.29 is 0 Å². The van der Waals surface area contributed by atoms with Crippen LogP contribution in [-0.4, -0.2) is 12.3 Å². The highest BCUT2D eigenvalue weighted by molar-refractivity contribution is 7.37. The maximum atomic E-state index is 2.30. The van der Waals surface area contributed by atoms with Gasteiger partial charge in [0.05, 0.1) is 0 Å². The summed E-state index contributed by atoms with van der Waals surface area (Å²) < 4.78 is 0. The van der Waals surface area contributed by atoms with Crippen molar-refractivity contribution in [1.29, 1.82) is 0 Å². The summed E-state index contributed by atoms with van der Waals surface area (Å²) in [6.45, 7) is 4.60. The van der Waals surface area contributed by atoms with Gasteiger partial charge < -0.3 is 0 Å². The summed E-state index contributed by atoms with van der Waals surface area (Å²) in [5.74, 6) is 0. The van der Waals surface area contributed by atoms with Crippen LogP contribution >= 0.6 is 21.0 Å². The second kappa shape index (κ2) is 22.0. The smallest absolute Gasteiger partial charge is 0.0353 e. The van der Waals surface area contributed by atoms with Gasteiger partial charge in [-0.15, -0.1) is 21.0 Å². The summed E-state index contributed by atoms with van der Waals surface area (Å²) in [6.07, 6.45) is 23.5. The van der Waals surface area contributed by atoms with E-state index in [1.54, 1.807) is 0 Å². The van der Waals surface area contributed by atoms with Crippen LogP contribution in [0, 0.1) is 0 Å². The molecular weight excluding hydrogens is 283 g/mol.